The van der Waals surface area contributed by atoms with Crippen LogP contribution in [0.4, 0.5) is 0 Å². The van der Waals surface area contributed by atoms with Crippen LogP contribution in [0.1, 0.15) is 22.3 Å². The summed E-state index contributed by atoms with van der Waals surface area (Å²) in [5, 5.41) is 6.44. The summed E-state index contributed by atoms with van der Waals surface area (Å²) in [6.07, 6.45) is 1.17. The fourth-order valence-electron chi connectivity index (χ4n) is 1.98. The number of aryl methyl sites for hydroxylation is 2. The average molecular weight is 299 g/mol. The Kier molecular flexibility index (Phi) is 4.07. The van der Waals surface area contributed by atoms with Crippen LogP contribution in [-0.4, -0.2) is 31.0 Å². The van der Waals surface area contributed by atoms with Crippen molar-refractivity contribution in [3.8, 4) is 0 Å². The van der Waals surface area contributed by atoms with Crippen LogP contribution in [0.2, 0.25) is 0 Å². The maximum absolute atomic E-state index is 11.3. The van der Waals surface area contributed by atoms with E-state index in [1.54, 1.807) is 11.3 Å². The number of nitrogens with one attached hydrogen (secondary N) is 1. The van der Waals surface area contributed by atoms with Gasteiger partial charge in [0.25, 0.3) is 0 Å². The first-order valence-corrected chi connectivity index (χ1v) is 8.65. The van der Waals surface area contributed by atoms with Gasteiger partial charge in [0, 0.05) is 17.1 Å². The first-order valence-electron chi connectivity index (χ1n) is 5.87. The maximum Gasteiger partial charge on any atom is 0.208 e. The maximum atomic E-state index is 11.3. The van der Waals surface area contributed by atoms with E-state index in [-0.39, 0.29) is 6.04 Å². The highest BCUT2D eigenvalue weighted by atomic mass is 32.2. The van der Waals surface area contributed by atoms with Gasteiger partial charge >= 0.3 is 0 Å². The van der Waals surface area contributed by atoms with E-state index in [4.69, 9.17) is 0 Å². The molecular weight excluding hydrogens is 282 g/mol. The van der Waals surface area contributed by atoms with Gasteiger partial charge in [-0.2, -0.15) is 5.10 Å². The van der Waals surface area contributed by atoms with Crippen LogP contribution in [0.5, 0.6) is 0 Å². The minimum atomic E-state index is -3.21. The van der Waals surface area contributed by atoms with Crippen LogP contribution in [0.25, 0.3) is 0 Å². The van der Waals surface area contributed by atoms with Crippen LogP contribution >= 0.6 is 11.3 Å². The van der Waals surface area contributed by atoms with Crippen molar-refractivity contribution in [2.24, 2.45) is 0 Å². The highest BCUT2D eigenvalue weighted by molar-refractivity contribution is 7.88. The summed E-state index contributed by atoms with van der Waals surface area (Å²) >= 11 is 1.60. The molecule has 1 atom stereocenters. The lowest BCUT2D eigenvalue weighted by Gasteiger charge is -2.18. The number of nitrogens with zero attached hydrogens (tertiary/aromatic N) is 2. The van der Waals surface area contributed by atoms with E-state index in [9.17, 15) is 8.42 Å². The van der Waals surface area contributed by atoms with Gasteiger partial charge in [0.15, 0.2) is 0 Å². The predicted octanol–water partition coefficient (Wildman–Crippen LogP) is 1.70. The number of aromatic nitrogens is 2. The number of hydrogen-bond donors (Lipinski definition) is 1. The van der Waals surface area contributed by atoms with Gasteiger partial charge in [-0.25, -0.2) is 13.1 Å². The second kappa shape index (κ2) is 5.44. The smallest absolute Gasteiger partial charge is 0.208 e. The first-order chi connectivity index (χ1) is 8.87. The monoisotopic (exact) mass is 299 g/mol. The summed E-state index contributed by atoms with van der Waals surface area (Å²) in [6.45, 7) is 4.21. The number of hydrogen-bond acceptors (Lipinski definition) is 4. The van der Waals surface area contributed by atoms with Gasteiger partial charge < -0.3 is 0 Å². The van der Waals surface area contributed by atoms with Crippen molar-refractivity contribution in [2.45, 2.75) is 19.9 Å². The normalized spacial score (nSPS) is 13.6. The third kappa shape index (κ3) is 3.65. The van der Waals surface area contributed by atoms with Gasteiger partial charge in [-0.05, 0) is 31.4 Å². The summed E-state index contributed by atoms with van der Waals surface area (Å²) in [5.74, 6) is 0. The van der Waals surface area contributed by atoms with Crippen molar-refractivity contribution in [3.63, 3.8) is 0 Å². The average Bonchev–Trinajstić information content (AvgIpc) is 2.88. The summed E-state index contributed by atoms with van der Waals surface area (Å²) in [7, 11) is -3.21. The summed E-state index contributed by atoms with van der Waals surface area (Å²) in [5.41, 5.74) is 1.95. The van der Waals surface area contributed by atoms with Gasteiger partial charge in [-0.15, -0.1) is 11.3 Å². The number of sulfonamides is 1. The highest BCUT2D eigenvalue weighted by Gasteiger charge is 2.19. The third-order valence-electron chi connectivity index (χ3n) is 2.75. The van der Waals surface area contributed by atoms with Gasteiger partial charge in [0.1, 0.15) is 0 Å². The molecule has 2 aromatic heterocycles. The van der Waals surface area contributed by atoms with E-state index in [2.05, 4.69) is 9.82 Å². The minimum absolute atomic E-state index is 0.108. The van der Waals surface area contributed by atoms with E-state index in [1.165, 1.54) is 6.26 Å². The van der Waals surface area contributed by atoms with Gasteiger partial charge in [0.2, 0.25) is 10.0 Å². The Hall–Kier alpha value is -1.18. The zero-order chi connectivity index (χ0) is 14.0. The Morgan fingerprint density at radius 2 is 2.21 bits per heavy atom. The van der Waals surface area contributed by atoms with Crippen LogP contribution in [0, 0.1) is 13.8 Å². The topological polar surface area (TPSA) is 64.0 Å². The molecule has 7 heteroatoms. The van der Waals surface area contributed by atoms with Crippen LogP contribution in [-0.2, 0) is 10.0 Å². The molecule has 0 spiro atoms. The van der Waals surface area contributed by atoms with Gasteiger partial charge in [-0.1, -0.05) is 6.07 Å². The molecule has 1 N–H and O–H groups in total. The van der Waals surface area contributed by atoms with Crippen LogP contribution < -0.4 is 4.72 Å². The summed E-state index contributed by atoms with van der Waals surface area (Å²) < 4.78 is 27.0. The molecule has 0 fully saturated rings. The molecule has 2 heterocycles. The second-order valence-corrected chi connectivity index (χ2v) is 7.34. The quantitative estimate of drug-likeness (QED) is 0.914. The van der Waals surface area contributed by atoms with Crippen molar-refractivity contribution in [2.75, 3.05) is 12.8 Å². The lowest BCUT2D eigenvalue weighted by atomic mass is 10.2. The third-order valence-corrected chi connectivity index (χ3v) is 4.41. The van der Waals surface area contributed by atoms with Crippen molar-refractivity contribution in [1.82, 2.24) is 14.5 Å². The Morgan fingerprint density at radius 3 is 2.68 bits per heavy atom. The highest BCUT2D eigenvalue weighted by Crippen LogP contribution is 2.24. The van der Waals surface area contributed by atoms with Crippen molar-refractivity contribution in [3.05, 3.63) is 39.8 Å². The van der Waals surface area contributed by atoms with Crippen molar-refractivity contribution in [1.29, 1.82) is 0 Å². The van der Waals surface area contributed by atoms with E-state index >= 15 is 0 Å². The summed E-state index contributed by atoms with van der Waals surface area (Å²) in [4.78, 5) is 1.09. The van der Waals surface area contributed by atoms with Crippen LogP contribution in [0.15, 0.2) is 23.6 Å². The molecule has 0 aliphatic heterocycles. The zero-order valence-corrected chi connectivity index (χ0v) is 12.8. The standard InChI is InChI=1S/C12H17N3O2S2/c1-9-7-10(2)15(14-9)11(8-13-19(3,16)17)12-5-4-6-18-12/h4-7,11,13H,8H2,1-3H3/t11-/m0/s1. The Labute approximate surface area is 117 Å². The van der Waals surface area contributed by atoms with E-state index in [1.807, 2.05) is 42.1 Å². The lowest BCUT2D eigenvalue weighted by molar-refractivity contribution is 0.501. The lowest BCUT2D eigenvalue weighted by Crippen LogP contribution is -2.31. The fourth-order valence-corrected chi connectivity index (χ4v) is 3.25. The van der Waals surface area contributed by atoms with Gasteiger partial charge in [0.05, 0.1) is 18.0 Å². The number of thiophene rings is 1. The van der Waals surface area contributed by atoms with E-state index in [0.29, 0.717) is 6.54 Å². The minimum Gasteiger partial charge on any atom is -0.260 e. The van der Waals surface area contributed by atoms with Gasteiger partial charge in [-0.3, -0.25) is 4.68 Å². The largest absolute Gasteiger partial charge is 0.260 e. The zero-order valence-electron chi connectivity index (χ0n) is 11.1. The molecule has 0 bridgehead atoms. The molecule has 0 aliphatic carbocycles. The molecular formula is C12H17N3O2S2. The predicted molar refractivity (Wildman–Crippen MR) is 77.0 cm³/mol. The Bertz CT molecular complexity index is 645. The molecule has 0 radical (unpaired) electrons. The number of rotatable bonds is 5. The molecule has 2 rings (SSSR count). The van der Waals surface area contributed by atoms with E-state index < -0.39 is 10.0 Å². The Morgan fingerprint density at radius 1 is 1.47 bits per heavy atom. The molecule has 0 saturated heterocycles. The Balaban J connectivity index is 2.32. The second-order valence-electron chi connectivity index (χ2n) is 4.52. The molecule has 104 valence electrons. The van der Waals surface area contributed by atoms with Crippen molar-refractivity contribution >= 4 is 21.4 Å². The molecule has 0 amide bonds. The SMILES string of the molecule is Cc1cc(C)n([C@@H](CNS(C)(=O)=O)c2cccs2)n1. The van der Waals surface area contributed by atoms with Crippen molar-refractivity contribution < 1.29 is 8.42 Å². The molecule has 0 saturated carbocycles. The fraction of sp³-hybridized carbons (Fsp3) is 0.417. The molecule has 0 aliphatic rings. The molecule has 0 unspecified atom stereocenters. The molecule has 5 nitrogen and oxygen atoms in total. The molecule has 19 heavy (non-hydrogen) atoms. The molecule has 0 aromatic carbocycles. The van der Waals surface area contributed by atoms with E-state index in [0.717, 1.165) is 16.3 Å². The van der Waals surface area contributed by atoms with Crippen LogP contribution in [0.3, 0.4) is 0 Å². The first kappa shape index (κ1) is 14.2. The summed E-state index contributed by atoms with van der Waals surface area (Å²) in [6, 6.07) is 5.83. The molecule has 2 aromatic rings.